The number of para-hydroxylation sites is 1. The van der Waals surface area contributed by atoms with Crippen LogP contribution in [0.1, 0.15) is 32.3 Å². The summed E-state index contributed by atoms with van der Waals surface area (Å²) in [6.45, 7) is 5.40. The van der Waals surface area contributed by atoms with Crippen LogP contribution in [0.2, 0.25) is 0 Å². The van der Waals surface area contributed by atoms with E-state index in [0.717, 1.165) is 12.4 Å². The Kier molecular flexibility index (Phi) is 3.80. The van der Waals surface area contributed by atoms with Gasteiger partial charge in [-0.1, -0.05) is 38.5 Å². The van der Waals surface area contributed by atoms with Gasteiger partial charge in [-0.3, -0.25) is 0 Å². The van der Waals surface area contributed by atoms with E-state index in [0.29, 0.717) is 0 Å². The van der Waals surface area contributed by atoms with Crippen molar-refractivity contribution in [2.75, 3.05) is 18.1 Å². The molecule has 1 aliphatic rings. The average Bonchev–Trinajstić information content (AvgIpc) is 2.64. The molecule has 0 spiro atoms. The van der Waals surface area contributed by atoms with E-state index >= 15 is 0 Å². The second-order valence-electron chi connectivity index (χ2n) is 4.75. The number of benzene rings is 1. The van der Waals surface area contributed by atoms with E-state index in [1.807, 2.05) is 0 Å². The van der Waals surface area contributed by atoms with Gasteiger partial charge in [-0.25, -0.2) is 0 Å². The molecule has 0 aromatic heterocycles. The van der Waals surface area contributed by atoms with Crippen molar-refractivity contribution >= 4 is 11.8 Å². The van der Waals surface area contributed by atoms with Crippen molar-refractivity contribution in [3.63, 3.8) is 0 Å². The van der Waals surface area contributed by atoms with Gasteiger partial charge in [-0.2, -0.15) is 11.8 Å². The number of rotatable bonds is 5. The molecular weight excluding hydrogens is 216 g/mol. The number of thioether (sulfide) groups is 1. The van der Waals surface area contributed by atoms with Crippen molar-refractivity contribution in [1.29, 1.82) is 0 Å². The standard InChI is InChI=1S/C14H20OS/c1-3-4-9-16-11-14(2)10-15-13-8-6-5-7-12(13)14/h5-8H,3-4,9-11H2,1-2H3. The monoisotopic (exact) mass is 236 g/mol. The Hall–Kier alpha value is -0.630. The highest BCUT2D eigenvalue weighted by atomic mass is 32.2. The molecule has 0 saturated carbocycles. The van der Waals surface area contributed by atoms with Gasteiger partial charge in [-0.05, 0) is 18.2 Å². The van der Waals surface area contributed by atoms with Gasteiger partial charge in [0.05, 0.1) is 6.61 Å². The van der Waals surface area contributed by atoms with Crippen LogP contribution in [0.4, 0.5) is 0 Å². The van der Waals surface area contributed by atoms with Gasteiger partial charge in [0.2, 0.25) is 0 Å². The summed E-state index contributed by atoms with van der Waals surface area (Å²) in [5.41, 5.74) is 1.61. The predicted octanol–water partition coefficient (Wildman–Crippen LogP) is 3.87. The number of unbranched alkanes of at least 4 members (excludes halogenated alkanes) is 1. The average molecular weight is 236 g/mol. The van der Waals surface area contributed by atoms with Crippen LogP contribution in [0.5, 0.6) is 5.75 Å². The second kappa shape index (κ2) is 5.13. The number of ether oxygens (including phenoxy) is 1. The van der Waals surface area contributed by atoms with Crippen LogP contribution in [-0.2, 0) is 5.41 Å². The third-order valence-corrected chi connectivity index (χ3v) is 4.57. The first kappa shape index (κ1) is 11.8. The van der Waals surface area contributed by atoms with E-state index in [4.69, 9.17) is 4.74 Å². The lowest BCUT2D eigenvalue weighted by molar-refractivity contribution is 0.294. The maximum atomic E-state index is 5.76. The van der Waals surface area contributed by atoms with Crippen LogP contribution in [0, 0.1) is 0 Å². The van der Waals surface area contributed by atoms with Gasteiger partial charge in [0, 0.05) is 16.7 Å². The third kappa shape index (κ3) is 2.37. The van der Waals surface area contributed by atoms with Crippen LogP contribution in [0.25, 0.3) is 0 Å². The molecule has 1 atom stereocenters. The van der Waals surface area contributed by atoms with E-state index in [1.54, 1.807) is 0 Å². The van der Waals surface area contributed by atoms with Gasteiger partial charge in [0.1, 0.15) is 5.75 Å². The first-order valence-corrected chi connectivity index (χ1v) is 7.22. The summed E-state index contributed by atoms with van der Waals surface area (Å²) in [5.74, 6) is 3.53. The van der Waals surface area contributed by atoms with Crippen LogP contribution in [0.15, 0.2) is 24.3 Å². The summed E-state index contributed by atoms with van der Waals surface area (Å²) in [6.07, 6.45) is 2.61. The molecule has 0 bridgehead atoms. The van der Waals surface area contributed by atoms with Crippen LogP contribution in [0.3, 0.4) is 0 Å². The lowest BCUT2D eigenvalue weighted by Crippen LogP contribution is -2.26. The molecule has 88 valence electrons. The summed E-state index contributed by atoms with van der Waals surface area (Å²) in [5, 5.41) is 0. The fourth-order valence-corrected chi connectivity index (χ4v) is 3.40. The van der Waals surface area contributed by atoms with Crippen LogP contribution < -0.4 is 4.74 Å². The molecule has 0 N–H and O–H groups in total. The Morgan fingerprint density at radius 2 is 2.19 bits per heavy atom. The molecule has 2 heteroatoms. The van der Waals surface area contributed by atoms with Crippen LogP contribution in [-0.4, -0.2) is 18.1 Å². The minimum atomic E-state index is 0.217. The number of fused-ring (bicyclic) bond motifs is 1. The maximum absolute atomic E-state index is 5.76. The zero-order valence-corrected chi connectivity index (χ0v) is 11.0. The van der Waals surface area contributed by atoms with E-state index < -0.39 is 0 Å². The van der Waals surface area contributed by atoms with Crippen molar-refractivity contribution < 1.29 is 4.74 Å². The lowest BCUT2D eigenvalue weighted by Gasteiger charge is -2.22. The van der Waals surface area contributed by atoms with Crippen molar-refractivity contribution in [2.24, 2.45) is 0 Å². The smallest absolute Gasteiger partial charge is 0.123 e. The molecule has 0 fully saturated rings. The summed E-state index contributed by atoms with van der Waals surface area (Å²) < 4.78 is 5.76. The van der Waals surface area contributed by atoms with E-state index in [2.05, 4.69) is 49.9 Å². The first-order valence-electron chi connectivity index (χ1n) is 6.06. The predicted molar refractivity (Wildman–Crippen MR) is 71.5 cm³/mol. The Labute approximate surface area is 103 Å². The lowest BCUT2D eigenvalue weighted by atomic mass is 9.87. The van der Waals surface area contributed by atoms with Gasteiger partial charge in [0.25, 0.3) is 0 Å². The molecule has 0 saturated heterocycles. The fourth-order valence-electron chi connectivity index (χ4n) is 2.07. The van der Waals surface area contributed by atoms with Gasteiger partial charge < -0.3 is 4.74 Å². The van der Waals surface area contributed by atoms with Crippen molar-refractivity contribution in [2.45, 2.75) is 32.1 Å². The zero-order valence-electron chi connectivity index (χ0n) is 10.2. The van der Waals surface area contributed by atoms with Crippen LogP contribution >= 0.6 is 11.8 Å². The molecule has 0 aliphatic carbocycles. The van der Waals surface area contributed by atoms with Crippen molar-refractivity contribution in [3.05, 3.63) is 29.8 Å². The summed E-state index contributed by atoms with van der Waals surface area (Å²) in [4.78, 5) is 0. The summed E-state index contributed by atoms with van der Waals surface area (Å²) >= 11 is 2.06. The summed E-state index contributed by atoms with van der Waals surface area (Å²) in [6, 6.07) is 8.46. The molecule has 1 aromatic carbocycles. The number of hydrogen-bond donors (Lipinski definition) is 0. The highest BCUT2D eigenvalue weighted by Gasteiger charge is 2.35. The molecule has 1 unspecified atom stereocenters. The molecule has 1 nitrogen and oxygen atoms in total. The van der Waals surface area contributed by atoms with E-state index in [-0.39, 0.29) is 5.41 Å². The quantitative estimate of drug-likeness (QED) is 0.718. The maximum Gasteiger partial charge on any atom is 0.123 e. The molecule has 0 amide bonds. The SMILES string of the molecule is CCCCSCC1(C)COc2ccccc21. The number of hydrogen-bond acceptors (Lipinski definition) is 2. The Balaban J connectivity index is 1.99. The molecule has 1 aromatic rings. The Morgan fingerprint density at radius 1 is 1.38 bits per heavy atom. The highest BCUT2D eigenvalue weighted by Crippen LogP contribution is 2.40. The third-order valence-electron chi connectivity index (χ3n) is 3.15. The topological polar surface area (TPSA) is 9.23 Å². The second-order valence-corrected chi connectivity index (χ2v) is 5.86. The highest BCUT2D eigenvalue weighted by molar-refractivity contribution is 7.99. The Bertz CT molecular complexity index is 350. The van der Waals surface area contributed by atoms with E-state index in [1.165, 1.54) is 29.9 Å². The molecular formula is C14H20OS. The van der Waals surface area contributed by atoms with Gasteiger partial charge in [0.15, 0.2) is 0 Å². The largest absolute Gasteiger partial charge is 0.492 e. The molecule has 1 heterocycles. The first-order chi connectivity index (χ1) is 7.76. The molecule has 0 radical (unpaired) electrons. The van der Waals surface area contributed by atoms with Crippen molar-refractivity contribution in [1.82, 2.24) is 0 Å². The molecule has 1 aliphatic heterocycles. The Morgan fingerprint density at radius 3 is 3.00 bits per heavy atom. The molecule has 16 heavy (non-hydrogen) atoms. The molecule has 2 rings (SSSR count). The minimum absolute atomic E-state index is 0.217. The minimum Gasteiger partial charge on any atom is -0.492 e. The van der Waals surface area contributed by atoms with Gasteiger partial charge in [-0.15, -0.1) is 0 Å². The summed E-state index contributed by atoms with van der Waals surface area (Å²) in [7, 11) is 0. The zero-order chi connectivity index (χ0) is 11.4. The van der Waals surface area contributed by atoms with Gasteiger partial charge >= 0.3 is 0 Å². The van der Waals surface area contributed by atoms with Crippen molar-refractivity contribution in [3.8, 4) is 5.75 Å². The fraction of sp³-hybridized carbons (Fsp3) is 0.571. The van der Waals surface area contributed by atoms with E-state index in [9.17, 15) is 0 Å². The normalized spacial score (nSPS) is 22.9.